The van der Waals surface area contributed by atoms with Crippen LogP contribution in [0.25, 0.3) is 0 Å². The van der Waals surface area contributed by atoms with Gasteiger partial charge in [-0.15, -0.1) is 0 Å². The topological polar surface area (TPSA) is 149 Å². The number of carbonyl (C=O) groups excluding carboxylic acids is 1. The van der Waals surface area contributed by atoms with Gasteiger partial charge in [0, 0.05) is 30.6 Å². The molecule has 1 aromatic heterocycles. The number of nitrogens with one attached hydrogen (secondary N) is 1. The van der Waals surface area contributed by atoms with Gasteiger partial charge in [0.2, 0.25) is 10.0 Å². The molecule has 4 rings (SSSR count). The van der Waals surface area contributed by atoms with Crippen LogP contribution >= 0.6 is 0 Å². The van der Waals surface area contributed by atoms with Gasteiger partial charge in [-0.1, -0.05) is 6.07 Å². The monoisotopic (exact) mass is 536 g/mol. The Morgan fingerprint density at radius 2 is 1.75 bits per heavy atom. The van der Waals surface area contributed by atoms with E-state index in [0.29, 0.717) is 18.7 Å². The summed E-state index contributed by atoms with van der Waals surface area (Å²) in [5.74, 6) is 0.513. The lowest BCUT2D eigenvalue weighted by Gasteiger charge is -2.40. The van der Waals surface area contributed by atoms with E-state index in [0.717, 1.165) is 24.7 Å². The number of anilines is 1. The molecular weight excluding hydrogens is 504 g/mol. The minimum Gasteiger partial charge on any atom is -0.477 e. The molecule has 2 aliphatic heterocycles. The van der Waals surface area contributed by atoms with Crippen LogP contribution in [0.3, 0.4) is 0 Å². The highest BCUT2D eigenvalue weighted by molar-refractivity contribution is 7.90. The summed E-state index contributed by atoms with van der Waals surface area (Å²) in [5, 5.41) is 8.27. The molecule has 2 fully saturated rings. The molecule has 0 radical (unpaired) electrons. The first-order valence-corrected chi connectivity index (χ1v) is 15.2. The number of carbonyl (C=O) groups is 1. The van der Waals surface area contributed by atoms with Crippen LogP contribution in [0.4, 0.5) is 5.82 Å². The number of rotatable bonds is 7. The molecular formula is C24H32N4O6S2. The van der Waals surface area contributed by atoms with Crippen LogP contribution < -0.4 is 20.1 Å². The number of amides is 1. The fraction of sp³-hybridized carbons (Fsp3) is 0.500. The van der Waals surface area contributed by atoms with Gasteiger partial charge >= 0.3 is 0 Å². The standard InChI is InChI=1S/C24H32N4O6S2/c1-15-5-9-20(21(11-15)35(4,30)31)34-24(2,3)23(29)27-16-12-17-6-7-18(13-16)28(17)22-10-8-19(14-26-22)36(25,32)33/h5,8-11,14,16-18H,6-7,12-13H2,1-4H3,(H,27,29)(H2,25,32,33). The number of piperidine rings is 1. The van der Waals surface area contributed by atoms with Crippen LogP contribution in [-0.2, 0) is 24.7 Å². The van der Waals surface area contributed by atoms with E-state index >= 15 is 0 Å². The van der Waals surface area contributed by atoms with Crippen molar-refractivity contribution in [2.24, 2.45) is 5.14 Å². The Bertz CT molecular complexity index is 1360. The van der Waals surface area contributed by atoms with Gasteiger partial charge in [-0.3, -0.25) is 4.79 Å². The smallest absolute Gasteiger partial charge is 0.263 e. The van der Waals surface area contributed by atoms with Gasteiger partial charge in [0.05, 0.1) is 0 Å². The Labute approximate surface area is 212 Å². The highest BCUT2D eigenvalue weighted by Crippen LogP contribution is 2.39. The van der Waals surface area contributed by atoms with Crippen molar-refractivity contribution in [1.82, 2.24) is 10.3 Å². The van der Waals surface area contributed by atoms with Crippen molar-refractivity contribution in [3.05, 3.63) is 42.1 Å². The minimum atomic E-state index is -3.81. The summed E-state index contributed by atoms with van der Waals surface area (Å²) in [6.45, 7) is 5.03. The summed E-state index contributed by atoms with van der Waals surface area (Å²) in [7, 11) is -7.35. The molecule has 196 valence electrons. The minimum absolute atomic E-state index is 0.0319. The second-order valence-corrected chi connectivity index (χ2v) is 13.7. The molecule has 10 nitrogen and oxygen atoms in total. The summed E-state index contributed by atoms with van der Waals surface area (Å²) in [6, 6.07) is 8.21. The number of sulfonamides is 1. The zero-order chi connectivity index (χ0) is 26.5. The van der Waals surface area contributed by atoms with E-state index < -0.39 is 25.5 Å². The van der Waals surface area contributed by atoms with Gasteiger partial charge < -0.3 is 15.0 Å². The van der Waals surface area contributed by atoms with Crippen LogP contribution in [-0.4, -0.2) is 57.7 Å². The third-order valence-corrected chi connectivity index (χ3v) is 8.81. The van der Waals surface area contributed by atoms with Gasteiger partial charge in [0.1, 0.15) is 21.4 Å². The Kier molecular flexibility index (Phi) is 6.82. The number of primary sulfonamides is 1. The number of nitrogens with two attached hydrogens (primary N) is 1. The fourth-order valence-corrected chi connectivity index (χ4v) is 6.36. The SMILES string of the molecule is Cc1ccc(OC(C)(C)C(=O)NC2CC3CCC(C2)N3c2ccc(S(N)(=O)=O)cn2)c(S(C)(=O)=O)c1. The Hall–Kier alpha value is -2.70. The van der Waals surface area contributed by atoms with E-state index in [1.165, 1.54) is 18.3 Å². The molecule has 3 N–H and O–H groups in total. The average molecular weight is 537 g/mol. The third-order valence-electron chi connectivity index (χ3n) is 6.79. The van der Waals surface area contributed by atoms with Gasteiger partial charge in [-0.05, 0) is 76.3 Å². The van der Waals surface area contributed by atoms with Crippen LogP contribution in [0, 0.1) is 6.92 Å². The number of benzene rings is 1. The van der Waals surface area contributed by atoms with Crippen LogP contribution in [0.1, 0.15) is 45.1 Å². The van der Waals surface area contributed by atoms with Crippen molar-refractivity contribution in [3.63, 3.8) is 0 Å². The molecule has 12 heteroatoms. The van der Waals surface area contributed by atoms with Crippen LogP contribution in [0.15, 0.2) is 46.3 Å². The van der Waals surface area contributed by atoms with E-state index in [2.05, 4.69) is 15.2 Å². The van der Waals surface area contributed by atoms with Gasteiger partial charge in [-0.2, -0.15) is 0 Å². The molecule has 1 amide bonds. The zero-order valence-electron chi connectivity index (χ0n) is 20.8. The number of pyridine rings is 1. The van der Waals surface area contributed by atoms with Crippen molar-refractivity contribution >= 4 is 31.6 Å². The molecule has 0 aliphatic carbocycles. The Morgan fingerprint density at radius 3 is 2.28 bits per heavy atom. The number of aryl methyl sites for hydroxylation is 1. The molecule has 36 heavy (non-hydrogen) atoms. The van der Waals surface area contributed by atoms with E-state index in [-0.39, 0.29) is 39.6 Å². The molecule has 3 heterocycles. The molecule has 2 saturated heterocycles. The second kappa shape index (κ2) is 9.31. The maximum atomic E-state index is 13.2. The van der Waals surface area contributed by atoms with Crippen molar-refractivity contribution in [3.8, 4) is 5.75 Å². The fourth-order valence-electron chi connectivity index (χ4n) is 5.03. The lowest BCUT2D eigenvalue weighted by Crippen LogP contribution is -2.55. The summed E-state index contributed by atoms with van der Waals surface area (Å²) in [4.78, 5) is 19.7. The van der Waals surface area contributed by atoms with Crippen molar-refractivity contribution in [2.75, 3.05) is 11.2 Å². The largest absolute Gasteiger partial charge is 0.477 e. The molecule has 2 aromatic rings. The lowest BCUT2D eigenvalue weighted by molar-refractivity contribution is -0.135. The summed E-state index contributed by atoms with van der Waals surface area (Å²) >= 11 is 0. The predicted molar refractivity (Wildman–Crippen MR) is 135 cm³/mol. The first kappa shape index (κ1) is 26.4. The molecule has 1 aromatic carbocycles. The molecule has 2 bridgehead atoms. The van der Waals surface area contributed by atoms with Crippen molar-refractivity contribution < 1.29 is 26.4 Å². The van der Waals surface area contributed by atoms with Crippen LogP contribution in [0.2, 0.25) is 0 Å². The van der Waals surface area contributed by atoms with E-state index in [4.69, 9.17) is 9.88 Å². The molecule has 0 spiro atoms. The average Bonchev–Trinajstić information content (AvgIpc) is 3.04. The lowest BCUT2D eigenvalue weighted by atomic mass is 9.96. The zero-order valence-corrected chi connectivity index (χ0v) is 22.4. The highest BCUT2D eigenvalue weighted by Gasteiger charge is 2.43. The first-order chi connectivity index (χ1) is 16.6. The first-order valence-electron chi connectivity index (χ1n) is 11.7. The molecule has 0 saturated carbocycles. The Morgan fingerprint density at radius 1 is 1.11 bits per heavy atom. The number of aromatic nitrogens is 1. The number of sulfone groups is 1. The molecule has 2 unspecified atom stereocenters. The maximum absolute atomic E-state index is 13.2. The quantitative estimate of drug-likeness (QED) is 0.545. The number of fused-ring (bicyclic) bond motifs is 2. The summed E-state index contributed by atoms with van der Waals surface area (Å²) < 4.78 is 53.5. The van der Waals surface area contributed by atoms with Gasteiger partial charge in [0.25, 0.3) is 5.91 Å². The van der Waals surface area contributed by atoms with E-state index in [1.807, 2.05) is 0 Å². The molecule has 2 atom stereocenters. The highest BCUT2D eigenvalue weighted by atomic mass is 32.2. The van der Waals surface area contributed by atoms with Crippen LogP contribution in [0.5, 0.6) is 5.75 Å². The van der Waals surface area contributed by atoms with E-state index in [9.17, 15) is 21.6 Å². The van der Waals surface area contributed by atoms with Crippen molar-refractivity contribution in [2.45, 2.75) is 80.0 Å². The third kappa shape index (κ3) is 5.50. The normalized spacial score (nSPS) is 22.4. The van der Waals surface area contributed by atoms with Crippen molar-refractivity contribution in [1.29, 1.82) is 0 Å². The van der Waals surface area contributed by atoms with E-state index in [1.54, 1.807) is 39.0 Å². The number of ether oxygens (including phenoxy) is 1. The predicted octanol–water partition coefficient (Wildman–Crippen LogP) is 1.91. The number of hydrogen-bond acceptors (Lipinski definition) is 8. The Balaban J connectivity index is 1.44. The summed E-state index contributed by atoms with van der Waals surface area (Å²) in [5.41, 5.74) is -0.517. The van der Waals surface area contributed by atoms with Gasteiger partial charge in [-0.25, -0.2) is 27.0 Å². The maximum Gasteiger partial charge on any atom is 0.263 e. The summed E-state index contributed by atoms with van der Waals surface area (Å²) in [6.07, 6.45) is 5.68. The van der Waals surface area contributed by atoms with Gasteiger partial charge in [0.15, 0.2) is 15.4 Å². The molecule has 2 aliphatic rings. The number of nitrogens with zero attached hydrogens (tertiary/aromatic N) is 2. The second-order valence-electron chi connectivity index (χ2n) is 10.2. The number of hydrogen-bond donors (Lipinski definition) is 2.